The predicted molar refractivity (Wildman–Crippen MR) is 122 cm³/mol. The van der Waals surface area contributed by atoms with Gasteiger partial charge in [-0.3, -0.25) is 0 Å². The molecule has 5 nitrogen and oxygen atoms in total. The van der Waals surface area contributed by atoms with Crippen LogP contribution in [-0.2, 0) is 0 Å². The summed E-state index contributed by atoms with van der Waals surface area (Å²) in [6, 6.07) is 4.53. The van der Waals surface area contributed by atoms with E-state index in [0.29, 0.717) is 0 Å². The quantitative estimate of drug-likeness (QED) is 0.693. The SMILES string of the molecule is Cc1c(NCCN2CCCC2)cc(OCC2CCCCC2)cc1N1CCNCC1. The molecular formula is C24H40N4O. The van der Waals surface area contributed by atoms with Gasteiger partial charge in [0.15, 0.2) is 0 Å². The highest BCUT2D eigenvalue weighted by Gasteiger charge is 2.19. The molecule has 1 aromatic carbocycles. The van der Waals surface area contributed by atoms with Gasteiger partial charge in [0, 0.05) is 62.8 Å². The summed E-state index contributed by atoms with van der Waals surface area (Å²) in [5, 5.41) is 7.21. The van der Waals surface area contributed by atoms with Gasteiger partial charge in [0.05, 0.1) is 6.61 Å². The van der Waals surface area contributed by atoms with Gasteiger partial charge < -0.3 is 25.2 Å². The smallest absolute Gasteiger partial charge is 0.123 e. The third-order valence-corrected chi connectivity index (χ3v) is 6.96. The Bertz CT molecular complexity index is 632. The summed E-state index contributed by atoms with van der Waals surface area (Å²) in [5.41, 5.74) is 3.95. The van der Waals surface area contributed by atoms with Crippen LogP contribution in [0.2, 0.25) is 0 Å². The Morgan fingerprint density at radius 3 is 2.52 bits per heavy atom. The standard InChI is InChI=1S/C24H40N4O/c1-20-23(26-11-14-27-12-5-6-13-27)17-22(29-19-21-7-3-2-4-8-21)18-24(20)28-15-9-25-10-16-28/h17-18,21,25-26H,2-16,19H2,1H3. The van der Waals surface area contributed by atoms with Crippen molar-refractivity contribution in [1.82, 2.24) is 10.2 Å². The molecule has 1 aliphatic carbocycles. The average Bonchev–Trinajstić information content (AvgIpc) is 3.29. The topological polar surface area (TPSA) is 39.8 Å². The normalized spacial score (nSPS) is 21.5. The first-order valence-electron chi connectivity index (χ1n) is 12.0. The highest BCUT2D eigenvalue weighted by molar-refractivity contribution is 5.69. The molecule has 1 aromatic rings. The lowest BCUT2D eigenvalue weighted by atomic mass is 9.90. The minimum atomic E-state index is 0.735. The average molecular weight is 401 g/mol. The van der Waals surface area contributed by atoms with Gasteiger partial charge in [0.25, 0.3) is 0 Å². The van der Waals surface area contributed by atoms with Crippen molar-refractivity contribution in [3.63, 3.8) is 0 Å². The maximum Gasteiger partial charge on any atom is 0.123 e. The number of likely N-dealkylation sites (tertiary alicyclic amines) is 1. The number of hydrogen-bond donors (Lipinski definition) is 2. The molecule has 3 aliphatic rings. The van der Waals surface area contributed by atoms with Crippen LogP contribution in [0.15, 0.2) is 12.1 Å². The van der Waals surface area contributed by atoms with Gasteiger partial charge in [-0.25, -0.2) is 0 Å². The van der Waals surface area contributed by atoms with E-state index in [0.717, 1.165) is 57.5 Å². The minimum Gasteiger partial charge on any atom is -0.493 e. The van der Waals surface area contributed by atoms with E-state index in [1.54, 1.807) is 0 Å². The van der Waals surface area contributed by atoms with Crippen LogP contribution in [0.25, 0.3) is 0 Å². The Balaban J connectivity index is 1.44. The van der Waals surface area contributed by atoms with E-state index in [1.165, 1.54) is 75.0 Å². The highest BCUT2D eigenvalue weighted by atomic mass is 16.5. The third kappa shape index (κ3) is 5.79. The number of rotatable bonds is 8. The summed E-state index contributed by atoms with van der Waals surface area (Å²) in [6.45, 7) is 12.1. The minimum absolute atomic E-state index is 0.735. The largest absolute Gasteiger partial charge is 0.493 e. The summed E-state index contributed by atoms with van der Waals surface area (Å²) in [6.07, 6.45) is 9.52. The molecule has 0 spiro atoms. The van der Waals surface area contributed by atoms with Crippen molar-refractivity contribution in [2.75, 3.05) is 69.2 Å². The summed E-state index contributed by atoms with van der Waals surface area (Å²) in [5.74, 6) is 1.78. The number of nitrogens with one attached hydrogen (secondary N) is 2. The molecule has 29 heavy (non-hydrogen) atoms. The van der Waals surface area contributed by atoms with Crippen molar-refractivity contribution in [3.05, 3.63) is 17.7 Å². The van der Waals surface area contributed by atoms with Crippen molar-refractivity contribution in [2.45, 2.75) is 51.9 Å². The van der Waals surface area contributed by atoms with E-state index in [9.17, 15) is 0 Å². The zero-order chi connectivity index (χ0) is 19.9. The Morgan fingerprint density at radius 1 is 1.00 bits per heavy atom. The van der Waals surface area contributed by atoms with Crippen LogP contribution < -0.4 is 20.3 Å². The van der Waals surface area contributed by atoms with Gasteiger partial charge in [-0.2, -0.15) is 0 Å². The second-order valence-electron chi connectivity index (χ2n) is 9.14. The van der Waals surface area contributed by atoms with Gasteiger partial charge in [-0.15, -0.1) is 0 Å². The number of ether oxygens (including phenoxy) is 1. The molecule has 0 atom stereocenters. The molecule has 0 bridgehead atoms. The molecule has 2 saturated heterocycles. The van der Waals surface area contributed by atoms with Gasteiger partial charge in [-0.1, -0.05) is 19.3 Å². The van der Waals surface area contributed by atoms with Crippen LogP contribution in [0.1, 0.15) is 50.5 Å². The van der Waals surface area contributed by atoms with E-state index < -0.39 is 0 Å². The molecule has 0 aromatic heterocycles. The number of nitrogens with zero attached hydrogens (tertiary/aromatic N) is 2. The molecule has 4 rings (SSSR count). The van der Waals surface area contributed by atoms with Gasteiger partial charge in [-0.05, 0) is 57.2 Å². The Labute approximate surface area is 177 Å². The van der Waals surface area contributed by atoms with Crippen molar-refractivity contribution >= 4 is 11.4 Å². The van der Waals surface area contributed by atoms with Crippen LogP contribution in [0.4, 0.5) is 11.4 Å². The first kappa shape index (κ1) is 20.8. The summed E-state index contributed by atoms with van der Waals surface area (Å²) >= 11 is 0. The fourth-order valence-corrected chi connectivity index (χ4v) is 5.10. The van der Waals surface area contributed by atoms with Crippen LogP contribution >= 0.6 is 0 Å². The number of hydrogen-bond acceptors (Lipinski definition) is 5. The van der Waals surface area contributed by atoms with E-state index in [2.05, 4.69) is 39.5 Å². The second-order valence-corrected chi connectivity index (χ2v) is 9.14. The van der Waals surface area contributed by atoms with Crippen molar-refractivity contribution in [2.24, 2.45) is 5.92 Å². The summed E-state index contributed by atoms with van der Waals surface area (Å²) < 4.78 is 6.36. The first-order chi connectivity index (χ1) is 14.3. The first-order valence-corrected chi connectivity index (χ1v) is 12.0. The zero-order valence-electron chi connectivity index (χ0n) is 18.3. The number of anilines is 2. The molecule has 3 fully saturated rings. The fourth-order valence-electron chi connectivity index (χ4n) is 5.10. The van der Waals surface area contributed by atoms with E-state index in [4.69, 9.17) is 4.74 Å². The molecule has 2 N–H and O–H groups in total. The molecule has 162 valence electrons. The lowest BCUT2D eigenvalue weighted by Gasteiger charge is -2.32. The van der Waals surface area contributed by atoms with Crippen molar-refractivity contribution in [3.8, 4) is 5.75 Å². The second kappa shape index (κ2) is 10.5. The van der Waals surface area contributed by atoms with Crippen LogP contribution in [-0.4, -0.2) is 63.9 Å². The zero-order valence-corrected chi connectivity index (χ0v) is 18.3. The lowest BCUT2D eigenvalue weighted by Crippen LogP contribution is -2.43. The van der Waals surface area contributed by atoms with Gasteiger partial charge in [0.2, 0.25) is 0 Å². The molecule has 0 unspecified atom stereocenters. The van der Waals surface area contributed by atoms with Crippen molar-refractivity contribution < 1.29 is 4.74 Å². The van der Waals surface area contributed by atoms with Crippen LogP contribution in [0, 0.1) is 12.8 Å². The highest BCUT2D eigenvalue weighted by Crippen LogP contribution is 2.34. The Hall–Kier alpha value is -1.46. The van der Waals surface area contributed by atoms with E-state index >= 15 is 0 Å². The number of piperazine rings is 1. The molecule has 2 aliphatic heterocycles. The monoisotopic (exact) mass is 400 g/mol. The molecule has 5 heteroatoms. The van der Waals surface area contributed by atoms with Gasteiger partial charge in [0.1, 0.15) is 5.75 Å². The molecule has 2 heterocycles. The summed E-state index contributed by atoms with van der Waals surface area (Å²) in [4.78, 5) is 5.09. The van der Waals surface area contributed by atoms with Crippen LogP contribution in [0.5, 0.6) is 5.75 Å². The van der Waals surface area contributed by atoms with E-state index in [1.807, 2.05) is 0 Å². The van der Waals surface area contributed by atoms with Crippen LogP contribution in [0.3, 0.4) is 0 Å². The number of benzene rings is 1. The van der Waals surface area contributed by atoms with Crippen molar-refractivity contribution in [1.29, 1.82) is 0 Å². The lowest BCUT2D eigenvalue weighted by molar-refractivity contribution is 0.209. The summed E-state index contributed by atoms with van der Waals surface area (Å²) in [7, 11) is 0. The third-order valence-electron chi connectivity index (χ3n) is 6.96. The maximum absolute atomic E-state index is 6.36. The molecule has 0 radical (unpaired) electrons. The Kier molecular flexibility index (Phi) is 7.55. The Morgan fingerprint density at radius 2 is 1.76 bits per heavy atom. The molecular weight excluding hydrogens is 360 g/mol. The predicted octanol–water partition coefficient (Wildman–Crippen LogP) is 3.87. The molecule has 0 amide bonds. The molecule has 1 saturated carbocycles. The fraction of sp³-hybridized carbons (Fsp3) is 0.750. The van der Waals surface area contributed by atoms with Gasteiger partial charge >= 0.3 is 0 Å². The van der Waals surface area contributed by atoms with E-state index in [-0.39, 0.29) is 0 Å². The maximum atomic E-state index is 6.36.